The van der Waals surface area contributed by atoms with Crippen molar-refractivity contribution in [2.75, 3.05) is 14.2 Å². The maximum absolute atomic E-state index is 13.1. The van der Waals surface area contributed by atoms with Gasteiger partial charge in [-0.3, -0.25) is 4.79 Å². The SMILES string of the molecule is CCCC1CCc2cc(-c3ccc4c(=O)c(C(=O)OC)cn(C5CC5)c4c3OC)sc2C1. The summed E-state index contributed by atoms with van der Waals surface area (Å²) in [4.78, 5) is 28.1. The molecular weight excluding hydrogens is 422 g/mol. The van der Waals surface area contributed by atoms with Crippen molar-refractivity contribution in [2.45, 2.75) is 57.9 Å². The maximum atomic E-state index is 13.1. The van der Waals surface area contributed by atoms with Crippen LogP contribution in [0.4, 0.5) is 0 Å². The van der Waals surface area contributed by atoms with E-state index in [-0.39, 0.29) is 17.0 Å². The van der Waals surface area contributed by atoms with Crippen LogP contribution in [-0.4, -0.2) is 24.8 Å². The molecule has 2 aromatic heterocycles. The van der Waals surface area contributed by atoms with Crippen LogP contribution in [-0.2, 0) is 17.6 Å². The number of pyridine rings is 1. The summed E-state index contributed by atoms with van der Waals surface area (Å²) in [7, 11) is 2.97. The molecular formula is C26H29NO4S. The molecule has 32 heavy (non-hydrogen) atoms. The van der Waals surface area contributed by atoms with E-state index in [0.29, 0.717) is 11.1 Å². The van der Waals surface area contributed by atoms with Crippen LogP contribution >= 0.6 is 11.3 Å². The Morgan fingerprint density at radius 2 is 2.03 bits per heavy atom. The van der Waals surface area contributed by atoms with Crippen LogP contribution in [0, 0.1) is 5.92 Å². The van der Waals surface area contributed by atoms with E-state index in [1.54, 1.807) is 13.3 Å². The molecule has 0 spiro atoms. The Kier molecular flexibility index (Phi) is 5.58. The van der Waals surface area contributed by atoms with E-state index in [4.69, 9.17) is 9.47 Å². The minimum absolute atomic E-state index is 0.0789. The van der Waals surface area contributed by atoms with Crippen LogP contribution in [0.3, 0.4) is 0 Å². The molecule has 0 bridgehead atoms. The molecule has 5 nitrogen and oxygen atoms in total. The number of esters is 1. The molecule has 0 N–H and O–H groups in total. The average molecular weight is 452 g/mol. The van der Waals surface area contributed by atoms with Crippen LogP contribution in [0.25, 0.3) is 21.3 Å². The first-order valence-corrected chi connectivity index (χ1v) is 12.3. The molecule has 1 fully saturated rings. The lowest BCUT2D eigenvalue weighted by atomic mass is 9.86. The first-order valence-electron chi connectivity index (χ1n) is 11.5. The first kappa shape index (κ1) is 21.3. The smallest absolute Gasteiger partial charge is 0.343 e. The number of carbonyl (C=O) groups excluding carboxylic acids is 1. The molecule has 1 atom stereocenters. The van der Waals surface area contributed by atoms with E-state index in [1.807, 2.05) is 23.5 Å². The normalized spacial score (nSPS) is 17.9. The Morgan fingerprint density at radius 1 is 1.22 bits per heavy atom. The van der Waals surface area contributed by atoms with Gasteiger partial charge in [0.1, 0.15) is 5.56 Å². The fraction of sp³-hybridized carbons (Fsp3) is 0.462. The molecule has 2 aliphatic rings. The molecule has 0 saturated heterocycles. The van der Waals surface area contributed by atoms with E-state index >= 15 is 0 Å². The predicted molar refractivity (Wildman–Crippen MR) is 128 cm³/mol. The fourth-order valence-electron chi connectivity index (χ4n) is 5.08. The first-order chi connectivity index (χ1) is 15.5. The van der Waals surface area contributed by atoms with Crippen LogP contribution in [0.2, 0.25) is 0 Å². The van der Waals surface area contributed by atoms with Gasteiger partial charge in [-0.1, -0.05) is 19.8 Å². The van der Waals surface area contributed by atoms with Crippen LogP contribution < -0.4 is 10.2 Å². The number of aromatic nitrogens is 1. The molecule has 1 unspecified atom stereocenters. The van der Waals surface area contributed by atoms with Crippen molar-refractivity contribution in [1.29, 1.82) is 0 Å². The molecule has 0 aliphatic heterocycles. The molecule has 6 heteroatoms. The van der Waals surface area contributed by atoms with E-state index in [0.717, 1.165) is 36.3 Å². The van der Waals surface area contributed by atoms with Crippen LogP contribution in [0.1, 0.15) is 65.9 Å². The number of hydrogen-bond acceptors (Lipinski definition) is 5. The Bertz CT molecular complexity index is 1250. The second-order valence-electron chi connectivity index (χ2n) is 9.00. The molecule has 0 radical (unpaired) electrons. The highest BCUT2D eigenvalue weighted by Crippen LogP contribution is 2.45. The summed E-state index contributed by atoms with van der Waals surface area (Å²) in [5, 5.41) is 0.504. The highest BCUT2D eigenvalue weighted by Gasteiger charge is 2.30. The van der Waals surface area contributed by atoms with Crippen molar-refractivity contribution in [2.24, 2.45) is 5.92 Å². The molecule has 1 saturated carbocycles. The number of thiophene rings is 1. The zero-order chi connectivity index (χ0) is 22.4. The number of aryl methyl sites for hydroxylation is 1. The van der Waals surface area contributed by atoms with Gasteiger partial charge in [0.05, 0.1) is 25.1 Å². The van der Waals surface area contributed by atoms with Crippen molar-refractivity contribution in [3.8, 4) is 16.2 Å². The molecule has 168 valence electrons. The lowest BCUT2D eigenvalue weighted by molar-refractivity contribution is 0.0598. The van der Waals surface area contributed by atoms with E-state index < -0.39 is 5.97 Å². The van der Waals surface area contributed by atoms with Gasteiger partial charge in [0.2, 0.25) is 5.43 Å². The van der Waals surface area contributed by atoms with E-state index in [1.165, 1.54) is 48.1 Å². The van der Waals surface area contributed by atoms with Crippen LogP contribution in [0.5, 0.6) is 5.75 Å². The van der Waals surface area contributed by atoms with Gasteiger partial charge in [-0.2, -0.15) is 0 Å². The number of ether oxygens (including phenoxy) is 2. The number of methoxy groups -OCH3 is 2. The Hall–Kier alpha value is -2.60. The summed E-state index contributed by atoms with van der Waals surface area (Å²) in [6.07, 6.45) is 9.82. The monoisotopic (exact) mass is 451 g/mol. The van der Waals surface area contributed by atoms with E-state index in [9.17, 15) is 9.59 Å². The summed E-state index contributed by atoms with van der Waals surface area (Å²) in [5.41, 5.74) is 3.03. The largest absolute Gasteiger partial charge is 0.494 e. The summed E-state index contributed by atoms with van der Waals surface area (Å²) >= 11 is 1.86. The standard InChI is InChI=1S/C26H29NO4S/c1-4-5-15-6-7-16-13-22(32-21(16)12-15)18-10-11-19-23(25(18)30-2)27(17-8-9-17)14-20(24(19)28)26(29)31-3/h10-11,13-15,17H,4-9,12H2,1-3H3. The minimum atomic E-state index is -0.595. The molecule has 2 heterocycles. The van der Waals surface area contributed by atoms with Crippen molar-refractivity contribution >= 4 is 28.2 Å². The third-order valence-corrected chi connectivity index (χ3v) is 8.08. The minimum Gasteiger partial charge on any atom is -0.494 e. The number of hydrogen-bond donors (Lipinski definition) is 0. The molecule has 5 rings (SSSR count). The topological polar surface area (TPSA) is 57.5 Å². The Morgan fingerprint density at radius 3 is 2.72 bits per heavy atom. The fourth-order valence-corrected chi connectivity index (χ4v) is 6.43. The molecule has 1 aromatic carbocycles. The van der Waals surface area contributed by atoms with Crippen molar-refractivity contribution < 1.29 is 14.3 Å². The lowest BCUT2D eigenvalue weighted by Crippen LogP contribution is -2.20. The summed E-state index contributed by atoms with van der Waals surface area (Å²) in [6.45, 7) is 2.26. The highest BCUT2D eigenvalue weighted by molar-refractivity contribution is 7.15. The third-order valence-electron chi connectivity index (χ3n) is 6.85. The third kappa shape index (κ3) is 3.54. The van der Waals surface area contributed by atoms with Gasteiger partial charge in [-0.05, 0) is 61.8 Å². The number of rotatable bonds is 6. The zero-order valence-electron chi connectivity index (χ0n) is 18.9. The van der Waals surface area contributed by atoms with Gasteiger partial charge in [-0.15, -0.1) is 11.3 Å². The molecule has 3 aromatic rings. The van der Waals surface area contributed by atoms with Gasteiger partial charge in [0.25, 0.3) is 0 Å². The highest BCUT2D eigenvalue weighted by atomic mass is 32.1. The number of fused-ring (bicyclic) bond motifs is 2. The quantitative estimate of drug-likeness (QED) is 0.447. The van der Waals surface area contributed by atoms with Crippen molar-refractivity contribution in [3.63, 3.8) is 0 Å². The number of carbonyl (C=O) groups is 1. The summed E-state index contributed by atoms with van der Waals surface area (Å²) < 4.78 is 12.8. The Balaban J connectivity index is 1.67. The van der Waals surface area contributed by atoms with Gasteiger partial charge in [0.15, 0.2) is 5.75 Å². The average Bonchev–Trinajstić information content (AvgIpc) is 3.56. The maximum Gasteiger partial charge on any atom is 0.343 e. The van der Waals surface area contributed by atoms with Gasteiger partial charge < -0.3 is 14.0 Å². The second kappa shape index (κ2) is 8.39. The summed E-state index contributed by atoms with van der Waals surface area (Å²) in [5.74, 6) is 0.905. The van der Waals surface area contributed by atoms with Gasteiger partial charge >= 0.3 is 5.97 Å². The van der Waals surface area contributed by atoms with E-state index in [2.05, 4.69) is 17.6 Å². The number of nitrogens with zero attached hydrogens (tertiary/aromatic N) is 1. The second-order valence-corrected chi connectivity index (χ2v) is 10.1. The van der Waals surface area contributed by atoms with Crippen molar-refractivity contribution in [3.05, 3.63) is 50.6 Å². The molecule has 2 aliphatic carbocycles. The zero-order valence-corrected chi connectivity index (χ0v) is 19.7. The summed E-state index contributed by atoms with van der Waals surface area (Å²) in [6, 6.07) is 6.41. The number of benzene rings is 1. The van der Waals surface area contributed by atoms with Gasteiger partial charge in [-0.25, -0.2) is 4.79 Å². The van der Waals surface area contributed by atoms with Gasteiger partial charge in [0, 0.05) is 27.6 Å². The van der Waals surface area contributed by atoms with Crippen LogP contribution in [0.15, 0.2) is 29.2 Å². The Labute approximate surface area is 192 Å². The lowest BCUT2D eigenvalue weighted by Gasteiger charge is -2.21. The predicted octanol–water partition coefficient (Wildman–Crippen LogP) is 5.77. The van der Waals surface area contributed by atoms with Crippen molar-refractivity contribution in [1.82, 2.24) is 4.57 Å². The molecule has 0 amide bonds.